The Bertz CT molecular complexity index is 331. The number of aliphatic carboxylic acids is 1. The van der Waals surface area contributed by atoms with Crippen molar-refractivity contribution in [2.24, 2.45) is 0 Å². The van der Waals surface area contributed by atoms with Crippen molar-refractivity contribution in [3.8, 4) is 0 Å². The number of carbonyl (C=O) groups is 1. The molecular formula is C10H13NO2S2. The molecule has 0 spiro atoms. The molecule has 1 N–H and O–H groups in total. The molecule has 0 amide bonds. The maximum Gasteiger partial charge on any atom is 0.320 e. The van der Waals surface area contributed by atoms with Crippen LogP contribution >= 0.6 is 23.1 Å². The van der Waals surface area contributed by atoms with Gasteiger partial charge < -0.3 is 5.11 Å². The fraction of sp³-hybridized carbons (Fsp3) is 0.600. The van der Waals surface area contributed by atoms with E-state index >= 15 is 0 Å². The van der Waals surface area contributed by atoms with Crippen molar-refractivity contribution in [3.63, 3.8) is 0 Å². The molecule has 1 fully saturated rings. The highest BCUT2D eigenvalue weighted by atomic mass is 32.2. The molecule has 0 bridgehead atoms. The van der Waals surface area contributed by atoms with Crippen LogP contribution in [0.5, 0.6) is 0 Å². The highest BCUT2D eigenvalue weighted by Gasteiger charge is 2.41. The Morgan fingerprint density at radius 1 is 1.47 bits per heavy atom. The van der Waals surface area contributed by atoms with Crippen LogP contribution in [0.15, 0.2) is 15.9 Å². The molecule has 1 aromatic rings. The molecule has 0 saturated heterocycles. The van der Waals surface area contributed by atoms with Gasteiger partial charge in [-0.1, -0.05) is 31.0 Å². The van der Waals surface area contributed by atoms with Gasteiger partial charge in [-0.25, -0.2) is 4.98 Å². The van der Waals surface area contributed by atoms with Crippen LogP contribution in [0, 0.1) is 0 Å². The van der Waals surface area contributed by atoms with Gasteiger partial charge in [0.05, 0.1) is 0 Å². The molecule has 0 atom stereocenters. The zero-order chi connectivity index (χ0) is 10.7. The Morgan fingerprint density at radius 3 is 2.73 bits per heavy atom. The van der Waals surface area contributed by atoms with Crippen molar-refractivity contribution < 1.29 is 9.90 Å². The van der Waals surface area contributed by atoms with Gasteiger partial charge in [-0.2, -0.15) is 0 Å². The third-order valence-corrected chi connectivity index (χ3v) is 5.10. The van der Waals surface area contributed by atoms with E-state index in [0.29, 0.717) is 0 Å². The van der Waals surface area contributed by atoms with Crippen LogP contribution in [-0.4, -0.2) is 20.8 Å². The van der Waals surface area contributed by atoms with Crippen LogP contribution in [0.2, 0.25) is 0 Å². The molecule has 1 aliphatic carbocycles. The lowest BCUT2D eigenvalue weighted by molar-refractivity contribution is -0.140. The van der Waals surface area contributed by atoms with E-state index in [1.807, 2.05) is 5.38 Å². The largest absolute Gasteiger partial charge is 0.480 e. The number of hydrogen-bond donors (Lipinski definition) is 1. The number of thioether (sulfide) groups is 1. The lowest BCUT2D eigenvalue weighted by atomic mass is 9.88. The van der Waals surface area contributed by atoms with Gasteiger partial charge in [0.15, 0.2) is 4.34 Å². The molecular weight excluding hydrogens is 230 g/mol. The summed E-state index contributed by atoms with van der Waals surface area (Å²) in [6.45, 7) is 0. The minimum Gasteiger partial charge on any atom is -0.480 e. The second-order valence-electron chi connectivity index (χ2n) is 3.76. The van der Waals surface area contributed by atoms with Crippen LogP contribution in [0.1, 0.15) is 32.1 Å². The normalized spacial score (nSPS) is 20.0. The van der Waals surface area contributed by atoms with E-state index in [0.717, 1.165) is 36.4 Å². The van der Waals surface area contributed by atoms with Crippen LogP contribution in [0.3, 0.4) is 0 Å². The molecule has 0 aliphatic heterocycles. The van der Waals surface area contributed by atoms with Gasteiger partial charge in [-0.3, -0.25) is 4.79 Å². The fourth-order valence-corrected chi connectivity index (χ4v) is 4.14. The molecule has 82 valence electrons. The number of thiazole rings is 1. The molecule has 0 radical (unpaired) electrons. The molecule has 3 nitrogen and oxygen atoms in total. The minimum absolute atomic E-state index is 0.615. The van der Waals surface area contributed by atoms with Crippen molar-refractivity contribution in [2.75, 3.05) is 0 Å². The molecule has 1 heterocycles. The van der Waals surface area contributed by atoms with E-state index in [1.165, 1.54) is 23.1 Å². The second kappa shape index (κ2) is 4.53. The quantitative estimate of drug-likeness (QED) is 0.886. The van der Waals surface area contributed by atoms with E-state index in [4.69, 9.17) is 0 Å². The number of rotatable bonds is 3. The lowest BCUT2D eigenvalue weighted by Crippen LogP contribution is -2.37. The van der Waals surface area contributed by atoms with Gasteiger partial charge in [0.1, 0.15) is 4.75 Å². The maximum absolute atomic E-state index is 11.4. The van der Waals surface area contributed by atoms with Gasteiger partial charge in [0.25, 0.3) is 0 Å². The van der Waals surface area contributed by atoms with Crippen LogP contribution < -0.4 is 0 Å². The van der Waals surface area contributed by atoms with E-state index in [2.05, 4.69) is 4.98 Å². The van der Waals surface area contributed by atoms with E-state index in [-0.39, 0.29) is 0 Å². The fourth-order valence-electron chi connectivity index (χ4n) is 1.91. The summed E-state index contributed by atoms with van der Waals surface area (Å²) in [5.74, 6) is -0.678. The summed E-state index contributed by atoms with van der Waals surface area (Å²) in [6, 6.07) is 0. The summed E-state index contributed by atoms with van der Waals surface area (Å²) in [5.41, 5.74) is 0. The Kier molecular flexibility index (Phi) is 3.31. The maximum atomic E-state index is 11.4. The molecule has 5 heteroatoms. The van der Waals surface area contributed by atoms with Crippen LogP contribution in [-0.2, 0) is 4.79 Å². The Hall–Kier alpha value is -0.550. The predicted octanol–water partition coefficient (Wildman–Crippen LogP) is 3.02. The zero-order valence-electron chi connectivity index (χ0n) is 8.31. The molecule has 1 aromatic heterocycles. The van der Waals surface area contributed by atoms with Crippen LogP contribution in [0.25, 0.3) is 0 Å². The van der Waals surface area contributed by atoms with Gasteiger partial charge in [-0.15, -0.1) is 11.3 Å². The summed E-state index contributed by atoms with van der Waals surface area (Å²) in [5, 5.41) is 11.2. The first-order valence-corrected chi connectivity index (χ1v) is 6.74. The second-order valence-corrected chi connectivity index (χ2v) is 6.29. The number of carboxylic acid groups (broad SMARTS) is 1. The zero-order valence-corrected chi connectivity index (χ0v) is 9.94. The first-order chi connectivity index (χ1) is 7.23. The Balaban J connectivity index is 2.15. The summed E-state index contributed by atoms with van der Waals surface area (Å²) in [6.07, 6.45) is 6.47. The molecule has 1 saturated carbocycles. The third-order valence-electron chi connectivity index (χ3n) is 2.74. The standard InChI is InChI=1S/C10H13NO2S2/c12-8(13)10(4-2-1-3-5-10)15-9-11-6-7-14-9/h6-7H,1-5H2,(H,12,13). The van der Waals surface area contributed by atoms with Crippen molar-refractivity contribution in [1.29, 1.82) is 0 Å². The molecule has 1 aliphatic rings. The van der Waals surface area contributed by atoms with Gasteiger partial charge in [0.2, 0.25) is 0 Å². The summed E-state index contributed by atoms with van der Waals surface area (Å²) < 4.78 is 0.259. The number of nitrogens with zero attached hydrogens (tertiary/aromatic N) is 1. The highest BCUT2D eigenvalue weighted by Crippen LogP contribution is 2.44. The highest BCUT2D eigenvalue weighted by molar-refractivity contribution is 8.03. The molecule has 0 aromatic carbocycles. The van der Waals surface area contributed by atoms with Crippen molar-refractivity contribution in [3.05, 3.63) is 11.6 Å². The average Bonchev–Trinajstić information content (AvgIpc) is 2.71. The summed E-state index contributed by atoms with van der Waals surface area (Å²) in [7, 11) is 0. The SMILES string of the molecule is O=C(O)C1(Sc2nccs2)CCCCC1. The van der Waals surface area contributed by atoms with Gasteiger partial charge in [0, 0.05) is 11.6 Å². The predicted molar refractivity (Wildman–Crippen MR) is 61.4 cm³/mol. The van der Waals surface area contributed by atoms with Crippen molar-refractivity contribution >= 4 is 29.1 Å². The first kappa shape index (κ1) is 11.0. The number of hydrogen-bond acceptors (Lipinski definition) is 4. The molecule has 2 rings (SSSR count). The van der Waals surface area contributed by atoms with Crippen molar-refractivity contribution in [2.45, 2.75) is 41.2 Å². The third kappa shape index (κ3) is 2.34. The Morgan fingerprint density at radius 2 is 2.20 bits per heavy atom. The first-order valence-electron chi connectivity index (χ1n) is 5.05. The number of carboxylic acids is 1. The van der Waals surface area contributed by atoms with E-state index < -0.39 is 10.7 Å². The van der Waals surface area contributed by atoms with E-state index in [1.54, 1.807) is 6.20 Å². The molecule has 15 heavy (non-hydrogen) atoms. The van der Waals surface area contributed by atoms with E-state index in [9.17, 15) is 9.90 Å². The van der Waals surface area contributed by atoms with Gasteiger partial charge >= 0.3 is 5.97 Å². The topological polar surface area (TPSA) is 50.2 Å². The summed E-state index contributed by atoms with van der Waals surface area (Å²) >= 11 is 2.96. The minimum atomic E-state index is -0.678. The average molecular weight is 243 g/mol. The van der Waals surface area contributed by atoms with Crippen molar-refractivity contribution in [1.82, 2.24) is 4.98 Å². The van der Waals surface area contributed by atoms with Gasteiger partial charge in [-0.05, 0) is 12.8 Å². The smallest absolute Gasteiger partial charge is 0.320 e. The lowest BCUT2D eigenvalue weighted by Gasteiger charge is -2.31. The van der Waals surface area contributed by atoms with Crippen LogP contribution in [0.4, 0.5) is 0 Å². The molecule has 0 unspecified atom stereocenters. The number of aromatic nitrogens is 1. The Labute approximate surface area is 96.9 Å². The summed E-state index contributed by atoms with van der Waals surface area (Å²) in [4.78, 5) is 15.5. The monoisotopic (exact) mass is 243 g/mol.